The van der Waals surface area contributed by atoms with Gasteiger partial charge < -0.3 is 9.67 Å². The molecule has 0 aromatic carbocycles. The molecule has 0 aliphatic carbocycles. The quantitative estimate of drug-likeness (QED) is 0.686. The summed E-state index contributed by atoms with van der Waals surface area (Å²) in [6.07, 6.45) is 1.44. The molecule has 0 aliphatic rings. The van der Waals surface area contributed by atoms with Gasteiger partial charge in [0.05, 0.1) is 5.52 Å². The van der Waals surface area contributed by atoms with Gasteiger partial charge in [0.15, 0.2) is 5.65 Å². The average molecular weight is 235 g/mol. The van der Waals surface area contributed by atoms with Crippen LogP contribution in [0, 0.1) is 0 Å². The van der Waals surface area contributed by atoms with Crippen molar-refractivity contribution in [2.24, 2.45) is 7.05 Å². The Balaban J connectivity index is 2.95. The van der Waals surface area contributed by atoms with E-state index in [4.69, 9.17) is 5.11 Å². The molecule has 0 atom stereocenters. The summed E-state index contributed by atoms with van der Waals surface area (Å²) in [6, 6.07) is 3.21. The van der Waals surface area contributed by atoms with Gasteiger partial charge in [-0.05, 0) is 12.1 Å². The average Bonchev–Trinajstić information content (AvgIpc) is 2.31. The minimum atomic E-state index is -1.20. The second kappa shape index (κ2) is 3.85. The molecule has 0 unspecified atom stereocenters. The first-order valence-corrected chi connectivity index (χ1v) is 4.78. The van der Waals surface area contributed by atoms with Gasteiger partial charge in [-0.3, -0.25) is 19.0 Å². The van der Waals surface area contributed by atoms with Crippen molar-refractivity contribution in [3.63, 3.8) is 0 Å². The van der Waals surface area contributed by atoms with Gasteiger partial charge in [0.25, 0.3) is 0 Å². The molecular weight excluding hydrogens is 226 g/mol. The molecule has 0 bridgehead atoms. The number of aryl methyl sites for hydroxylation is 1. The van der Waals surface area contributed by atoms with E-state index in [1.54, 1.807) is 12.1 Å². The molecule has 0 fully saturated rings. The van der Waals surface area contributed by atoms with Crippen molar-refractivity contribution in [3.8, 4) is 0 Å². The van der Waals surface area contributed by atoms with Crippen LogP contribution in [-0.2, 0) is 18.4 Å². The van der Waals surface area contributed by atoms with E-state index in [0.717, 1.165) is 9.13 Å². The van der Waals surface area contributed by atoms with Crippen LogP contribution in [0.2, 0.25) is 0 Å². The summed E-state index contributed by atoms with van der Waals surface area (Å²) in [5, 5.41) is 8.71. The van der Waals surface area contributed by atoms with Gasteiger partial charge in [-0.15, -0.1) is 0 Å². The molecule has 88 valence electrons. The molecule has 2 rings (SSSR count). The summed E-state index contributed by atoms with van der Waals surface area (Å²) < 4.78 is 2.02. The van der Waals surface area contributed by atoms with Crippen molar-refractivity contribution in [2.75, 3.05) is 0 Å². The second-order valence-corrected chi connectivity index (χ2v) is 3.50. The van der Waals surface area contributed by atoms with Gasteiger partial charge in [-0.2, -0.15) is 0 Å². The lowest BCUT2D eigenvalue weighted by Gasteiger charge is -2.08. The first kappa shape index (κ1) is 11.1. The molecule has 17 heavy (non-hydrogen) atoms. The van der Waals surface area contributed by atoms with Crippen LogP contribution < -0.4 is 11.1 Å². The number of nitrogens with zero attached hydrogens (tertiary/aromatic N) is 3. The van der Waals surface area contributed by atoms with Gasteiger partial charge in [-0.25, -0.2) is 4.98 Å². The fourth-order valence-electron chi connectivity index (χ4n) is 1.60. The molecular formula is C10H9N3O4. The van der Waals surface area contributed by atoms with Crippen molar-refractivity contribution >= 4 is 17.1 Å². The topological polar surface area (TPSA) is 94.2 Å². The molecule has 0 saturated heterocycles. The van der Waals surface area contributed by atoms with Crippen molar-refractivity contribution in [1.82, 2.24) is 14.1 Å². The minimum Gasteiger partial charge on any atom is -0.480 e. The molecule has 0 spiro atoms. The summed E-state index contributed by atoms with van der Waals surface area (Å²) >= 11 is 0. The highest BCUT2D eigenvalue weighted by Gasteiger charge is 2.13. The van der Waals surface area contributed by atoms with E-state index < -0.39 is 23.6 Å². The number of carboxylic acid groups (broad SMARTS) is 1. The summed E-state index contributed by atoms with van der Waals surface area (Å²) in [7, 11) is 1.44. The lowest BCUT2D eigenvalue weighted by molar-refractivity contribution is -0.137. The fourth-order valence-corrected chi connectivity index (χ4v) is 1.60. The summed E-state index contributed by atoms with van der Waals surface area (Å²) in [4.78, 5) is 37.9. The standard InChI is InChI=1S/C10H9N3O4/c1-12-6-3-2-4-11-8(6)13(5-7(14)15)10(17)9(12)16/h2-4H,5H2,1H3,(H,14,15). The first-order chi connectivity index (χ1) is 8.02. The highest BCUT2D eigenvalue weighted by atomic mass is 16.4. The maximum Gasteiger partial charge on any atom is 0.323 e. The summed E-state index contributed by atoms with van der Waals surface area (Å²) in [5.74, 6) is -1.20. The lowest BCUT2D eigenvalue weighted by Crippen LogP contribution is -2.41. The van der Waals surface area contributed by atoms with Crippen LogP contribution in [0.4, 0.5) is 0 Å². The third-order valence-corrected chi connectivity index (χ3v) is 2.41. The third-order valence-electron chi connectivity index (χ3n) is 2.41. The third kappa shape index (κ3) is 1.71. The number of rotatable bonds is 2. The Morgan fingerprint density at radius 1 is 1.41 bits per heavy atom. The van der Waals surface area contributed by atoms with Crippen molar-refractivity contribution in [2.45, 2.75) is 6.54 Å². The van der Waals surface area contributed by atoms with Crippen molar-refractivity contribution in [1.29, 1.82) is 0 Å². The molecule has 7 nitrogen and oxygen atoms in total. The molecule has 0 radical (unpaired) electrons. The van der Waals surface area contributed by atoms with Crippen LogP contribution in [-0.4, -0.2) is 25.2 Å². The number of aromatic nitrogens is 3. The molecule has 2 aromatic heterocycles. The number of pyridine rings is 1. The monoisotopic (exact) mass is 235 g/mol. The smallest absolute Gasteiger partial charge is 0.323 e. The molecule has 2 aromatic rings. The number of fused-ring (bicyclic) bond motifs is 1. The van der Waals surface area contributed by atoms with E-state index in [-0.39, 0.29) is 5.65 Å². The fraction of sp³-hybridized carbons (Fsp3) is 0.200. The van der Waals surface area contributed by atoms with E-state index in [2.05, 4.69) is 4.98 Å². The number of hydrogen-bond donors (Lipinski definition) is 1. The van der Waals surface area contributed by atoms with Gasteiger partial charge in [0.1, 0.15) is 6.54 Å². The van der Waals surface area contributed by atoms with Crippen LogP contribution in [0.1, 0.15) is 0 Å². The molecule has 0 saturated carbocycles. The highest BCUT2D eigenvalue weighted by Crippen LogP contribution is 2.05. The van der Waals surface area contributed by atoms with Crippen LogP contribution in [0.5, 0.6) is 0 Å². The van der Waals surface area contributed by atoms with Crippen molar-refractivity contribution in [3.05, 3.63) is 39.0 Å². The number of hydrogen-bond acceptors (Lipinski definition) is 4. The Hall–Kier alpha value is -2.44. The van der Waals surface area contributed by atoms with Gasteiger partial charge in [-0.1, -0.05) is 0 Å². The Morgan fingerprint density at radius 2 is 2.12 bits per heavy atom. The van der Waals surface area contributed by atoms with Gasteiger partial charge in [0.2, 0.25) is 0 Å². The largest absolute Gasteiger partial charge is 0.480 e. The van der Waals surface area contributed by atoms with E-state index in [0.29, 0.717) is 5.52 Å². The van der Waals surface area contributed by atoms with Crippen LogP contribution in [0.15, 0.2) is 27.9 Å². The molecule has 2 heterocycles. The van der Waals surface area contributed by atoms with Crippen LogP contribution in [0.3, 0.4) is 0 Å². The molecule has 1 N–H and O–H groups in total. The van der Waals surface area contributed by atoms with E-state index >= 15 is 0 Å². The highest BCUT2D eigenvalue weighted by molar-refractivity contribution is 5.73. The molecule has 7 heteroatoms. The normalized spacial score (nSPS) is 10.6. The first-order valence-electron chi connectivity index (χ1n) is 4.78. The van der Waals surface area contributed by atoms with Gasteiger partial charge in [0, 0.05) is 13.2 Å². The van der Waals surface area contributed by atoms with E-state index in [1.807, 2.05) is 0 Å². The van der Waals surface area contributed by atoms with Crippen LogP contribution >= 0.6 is 0 Å². The zero-order valence-electron chi connectivity index (χ0n) is 8.95. The van der Waals surface area contributed by atoms with Crippen LogP contribution in [0.25, 0.3) is 11.2 Å². The minimum absolute atomic E-state index is 0.182. The zero-order valence-corrected chi connectivity index (χ0v) is 8.95. The summed E-state index contributed by atoms with van der Waals surface area (Å²) in [6.45, 7) is -0.581. The summed E-state index contributed by atoms with van der Waals surface area (Å²) in [5.41, 5.74) is -1.06. The van der Waals surface area contributed by atoms with Gasteiger partial charge >= 0.3 is 17.1 Å². The predicted octanol–water partition coefficient (Wildman–Crippen LogP) is -0.820. The molecule has 0 aliphatic heterocycles. The van der Waals surface area contributed by atoms with E-state index in [9.17, 15) is 14.4 Å². The Labute approximate surface area is 94.6 Å². The maximum absolute atomic E-state index is 11.7. The Bertz CT molecular complexity index is 714. The Morgan fingerprint density at radius 3 is 2.76 bits per heavy atom. The molecule has 0 amide bonds. The predicted molar refractivity (Wildman–Crippen MR) is 58.9 cm³/mol. The zero-order chi connectivity index (χ0) is 12.6. The van der Waals surface area contributed by atoms with E-state index in [1.165, 1.54) is 13.2 Å². The SMILES string of the molecule is Cn1c(=O)c(=O)n(CC(=O)O)c2ncccc21. The lowest BCUT2D eigenvalue weighted by atomic mass is 10.4. The second-order valence-electron chi connectivity index (χ2n) is 3.50. The number of carboxylic acids is 1. The maximum atomic E-state index is 11.7. The van der Waals surface area contributed by atoms with Crippen molar-refractivity contribution < 1.29 is 9.90 Å². The Kier molecular flexibility index (Phi) is 2.51. The number of carbonyl (C=O) groups is 1. The number of aliphatic carboxylic acids is 1.